The van der Waals surface area contributed by atoms with E-state index < -0.39 is 17.9 Å². The van der Waals surface area contributed by atoms with Crippen LogP contribution in [0.3, 0.4) is 0 Å². The van der Waals surface area contributed by atoms with E-state index in [0.29, 0.717) is 19.5 Å². The quantitative estimate of drug-likeness (QED) is 0.706. The maximum absolute atomic E-state index is 11.7. The summed E-state index contributed by atoms with van der Waals surface area (Å²) in [5, 5.41) is 14.6. The summed E-state index contributed by atoms with van der Waals surface area (Å²) in [7, 11) is 0. The number of hydrogen-bond donors (Lipinski definition) is 3. The highest BCUT2D eigenvalue weighted by atomic mass is 32.1. The minimum Gasteiger partial charge on any atom is -0.388 e. The SMILES string of the molecule is C[C@H](O)c1ccc(CCNC(=O)C(=O)NCc2ccccc2)s1. The van der Waals surface area contributed by atoms with Crippen molar-refractivity contribution in [2.75, 3.05) is 6.54 Å². The Morgan fingerprint density at radius 2 is 1.78 bits per heavy atom. The smallest absolute Gasteiger partial charge is 0.309 e. The number of carbonyl (C=O) groups excluding carboxylic acids is 2. The molecule has 2 amide bonds. The van der Waals surface area contributed by atoms with Gasteiger partial charge in [-0.2, -0.15) is 0 Å². The Balaban J connectivity index is 1.70. The van der Waals surface area contributed by atoms with E-state index in [2.05, 4.69) is 10.6 Å². The Labute approximate surface area is 139 Å². The molecule has 5 nitrogen and oxygen atoms in total. The zero-order valence-corrected chi connectivity index (χ0v) is 13.7. The summed E-state index contributed by atoms with van der Waals surface area (Å²) in [6.07, 6.45) is 0.154. The number of carbonyl (C=O) groups is 2. The first kappa shape index (κ1) is 17.2. The molecule has 0 aliphatic rings. The van der Waals surface area contributed by atoms with Gasteiger partial charge >= 0.3 is 11.8 Å². The Hall–Kier alpha value is -2.18. The van der Waals surface area contributed by atoms with Crippen LogP contribution in [-0.2, 0) is 22.6 Å². The number of nitrogens with one attached hydrogen (secondary N) is 2. The van der Waals surface area contributed by atoms with Crippen LogP contribution in [0.1, 0.15) is 28.3 Å². The number of aliphatic hydroxyl groups is 1. The average Bonchev–Trinajstić information content (AvgIpc) is 3.02. The number of thiophene rings is 1. The molecule has 0 unspecified atom stereocenters. The highest BCUT2D eigenvalue weighted by molar-refractivity contribution is 7.12. The standard InChI is InChI=1S/C17H20N2O3S/c1-12(20)15-8-7-14(23-15)9-10-18-16(21)17(22)19-11-13-5-3-2-4-6-13/h2-8,12,20H,9-11H2,1H3,(H,18,21)(H,19,22)/t12-/m0/s1. The van der Waals surface area contributed by atoms with Crippen molar-refractivity contribution in [2.45, 2.75) is 26.0 Å². The number of rotatable bonds is 6. The number of amides is 2. The molecule has 0 radical (unpaired) electrons. The lowest BCUT2D eigenvalue weighted by Gasteiger charge is -2.06. The second-order valence-electron chi connectivity index (χ2n) is 5.15. The van der Waals surface area contributed by atoms with Gasteiger partial charge in [0.2, 0.25) is 0 Å². The number of hydrogen-bond acceptors (Lipinski definition) is 4. The zero-order valence-electron chi connectivity index (χ0n) is 12.9. The summed E-state index contributed by atoms with van der Waals surface area (Å²) in [6, 6.07) is 13.2. The molecule has 1 aromatic heterocycles. The summed E-state index contributed by atoms with van der Waals surface area (Å²) >= 11 is 1.51. The van der Waals surface area contributed by atoms with Gasteiger partial charge in [0.15, 0.2) is 0 Å². The molecular formula is C17H20N2O3S. The van der Waals surface area contributed by atoms with Crippen LogP contribution in [0.4, 0.5) is 0 Å². The van der Waals surface area contributed by atoms with E-state index in [4.69, 9.17) is 0 Å². The van der Waals surface area contributed by atoms with Crippen LogP contribution >= 0.6 is 11.3 Å². The van der Waals surface area contributed by atoms with Crippen LogP contribution in [0.15, 0.2) is 42.5 Å². The fourth-order valence-corrected chi connectivity index (χ4v) is 2.94. The Kier molecular flexibility index (Phi) is 6.31. The largest absolute Gasteiger partial charge is 0.388 e. The lowest BCUT2D eigenvalue weighted by molar-refractivity contribution is -0.139. The molecule has 0 aliphatic heterocycles. The summed E-state index contributed by atoms with van der Waals surface area (Å²) < 4.78 is 0. The van der Waals surface area contributed by atoms with Crippen molar-refractivity contribution in [3.63, 3.8) is 0 Å². The third kappa shape index (κ3) is 5.50. The minimum atomic E-state index is -0.635. The van der Waals surface area contributed by atoms with Crippen LogP contribution < -0.4 is 10.6 Å². The maximum atomic E-state index is 11.7. The first-order valence-corrected chi connectivity index (χ1v) is 8.24. The van der Waals surface area contributed by atoms with Crippen molar-refractivity contribution in [1.82, 2.24) is 10.6 Å². The van der Waals surface area contributed by atoms with E-state index >= 15 is 0 Å². The van der Waals surface area contributed by atoms with Crippen molar-refractivity contribution in [1.29, 1.82) is 0 Å². The van der Waals surface area contributed by atoms with Crippen molar-refractivity contribution < 1.29 is 14.7 Å². The second kappa shape index (κ2) is 8.45. The van der Waals surface area contributed by atoms with Gasteiger partial charge in [-0.1, -0.05) is 30.3 Å². The molecule has 1 atom stereocenters. The molecule has 0 saturated carbocycles. The van der Waals surface area contributed by atoms with Crippen molar-refractivity contribution in [3.8, 4) is 0 Å². The van der Waals surface area contributed by atoms with Crippen LogP contribution in [0.2, 0.25) is 0 Å². The zero-order chi connectivity index (χ0) is 16.7. The van der Waals surface area contributed by atoms with Gasteiger partial charge in [-0.05, 0) is 31.0 Å². The molecule has 3 N–H and O–H groups in total. The van der Waals surface area contributed by atoms with Crippen LogP contribution in [0.5, 0.6) is 0 Å². The van der Waals surface area contributed by atoms with Gasteiger partial charge < -0.3 is 15.7 Å². The molecule has 0 saturated heterocycles. The summed E-state index contributed by atoms with van der Waals surface area (Å²) in [5.74, 6) is -1.27. The van der Waals surface area contributed by atoms with Crippen molar-refractivity contribution >= 4 is 23.2 Å². The molecule has 23 heavy (non-hydrogen) atoms. The maximum Gasteiger partial charge on any atom is 0.309 e. The molecule has 0 bridgehead atoms. The lowest BCUT2D eigenvalue weighted by Crippen LogP contribution is -2.40. The van der Waals surface area contributed by atoms with Gasteiger partial charge in [-0.25, -0.2) is 0 Å². The van der Waals surface area contributed by atoms with E-state index in [1.54, 1.807) is 6.92 Å². The molecule has 0 fully saturated rings. The molecule has 0 aliphatic carbocycles. The molecule has 1 heterocycles. The van der Waals surface area contributed by atoms with Gasteiger partial charge in [-0.15, -0.1) is 11.3 Å². The molecule has 1 aromatic carbocycles. The summed E-state index contributed by atoms with van der Waals surface area (Å²) in [4.78, 5) is 25.4. The van der Waals surface area contributed by atoms with Gasteiger partial charge in [0.25, 0.3) is 0 Å². The van der Waals surface area contributed by atoms with E-state index in [0.717, 1.165) is 15.3 Å². The molecule has 122 valence electrons. The molecule has 2 rings (SSSR count). The third-order valence-corrected chi connectivity index (χ3v) is 4.57. The van der Waals surface area contributed by atoms with Crippen LogP contribution in [0.25, 0.3) is 0 Å². The van der Waals surface area contributed by atoms with E-state index in [1.807, 2.05) is 42.5 Å². The molecule has 6 heteroatoms. The highest BCUT2D eigenvalue weighted by Crippen LogP contribution is 2.22. The van der Waals surface area contributed by atoms with Crippen molar-refractivity contribution in [2.24, 2.45) is 0 Å². The van der Waals surface area contributed by atoms with E-state index in [9.17, 15) is 14.7 Å². The molecule has 2 aromatic rings. The third-order valence-electron chi connectivity index (χ3n) is 3.25. The lowest BCUT2D eigenvalue weighted by atomic mass is 10.2. The van der Waals surface area contributed by atoms with Gasteiger partial charge in [0, 0.05) is 22.8 Å². The number of aliphatic hydroxyl groups excluding tert-OH is 1. The number of benzene rings is 1. The van der Waals surface area contributed by atoms with Gasteiger partial charge in [0.1, 0.15) is 0 Å². The predicted octanol–water partition coefficient (Wildman–Crippen LogP) is 1.78. The predicted molar refractivity (Wildman–Crippen MR) is 90.0 cm³/mol. The van der Waals surface area contributed by atoms with Crippen molar-refractivity contribution in [3.05, 3.63) is 57.8 Å². The van der Waals surface area contributed by atoms with Gasteiger partial charge in [0.05, 0.1) is 6.10 Å². The minimum absolute atomic E-state index is 0.329. The summed E-state index contributed by atoms with van der Waals surface area (Å²) in [5.41, 5.74) is 0.942. The fourth-order valence-electron chi connectivity index (χ4n) is 1.99. The normalized spacial score (nSPS) is 11.7. The Morgan fingerprint density at radius 3 is 2.43 bits per heavy atom. The Morgan fingerprint density at radius 1 is 1.09 bits per heavy atom. The van der Waals surface area contributed by atoms with E-state index in [1.165, 1.54) is 11.3 Å². The first-order chi connectivity index (χ1) is 11.1. The summed E-state index contributed by atoms with van der Waals surface area (Å²) in [6.45, 7) is 2.43. The molecule has 0 spiro atoms. The molecular weight excluding hydrogens is 312 g/mol. The van der Waals surface area contributed by atoms with Crippen LogP contribution in [-0.4, -0.2) is 23.5 Å². The monoisotopic (exact) mass is 332 g/mol. The fraction of sp³-hybridized carbons (Fsp3) is 0.294. The second-order valence-corrected chi connectivity index (χ2v) is 6.35. The average molecular weight is 332 g/mol. The Bertz CT molecular complexity index is 653. The highest BCUT2D eigenvalue weighted by Gasteiger charge is 2.12. The first-order valence-electron chi connectivity index (χ1n) is 7.43. The van der Waals surface area contributed by atoms with Crippen LogP contribution in [0, 0.1) is 0 Å². The van der Waals surface area contributed by atoms with Gasteiger partial charge in [-0.3, -0.25) is 9.59 Å². The topological polar surface area (TPSA) is 78.4 Å². The van der Waals surface area contributed by atoms with E-state index in [-0.39, 0.29) is 0 Å².